The molecule has 2 aromatic carbocycles. The van der Waals surface area contributed by atoms with Gasteiger partial charge in [-0.1, -0.05) is 23.7 Å². The zero-order valence-electron chi connectivity index (χ0n) is 20.3. The number of nitrogens with zero attached hydrogens (tertiary/aromatic N) is 6. The average molecular weight is 511 g/mol. The van der Waals surface area contributed by atoms with Gasteiger partial charge in [0.1, 0.15) is 5.82 Å². The zero-order chi connectivity index (χ0) is 25.4. The van der Waals surface area contributed by atoms with E-state index in [4.69, 9.17) is 11.6 Å². The van der Waals surface area contributed by atoms with Crippen LogP contribution in [0.4, 0.5) is 10.1 Å². The van der Waals surface area contributed by atoms with Crippen LogP contribution >= 0.6 is 11.6 Å². The summed E-state index contributed by atoms with van der Waals surface area (Å²) in [5.74, 6) is -0.404. The largest absolute Gasteiger partial charge is 0.369 e. The van der Waals surface area contributed by atoms with Crippen LogP contribution in [0.25, 0.3) is 44.7 Å². The lowest BCUT2D eigenvalue weighted by molar-refractivity contribution is 0.313. The highest BCUT2D eigenvalue weighted by atomic mass is 35.5. The fourth-order valence-corrected chi connectivity index (χ4v) is 4.86. The van der Waals surface area contributed by atoms with Gasteiger partial charge in [-0.05, 0) is 67.2 Å². The van der Waals surface area contributed by atoms with Crippen LogP contribution in [0.1, 0.15) is 0 Å². The number of piperazine rings is 1. The second kappa shape index (κ2) is 9.84. The van der Waals surface area contributed by atoms with Gasteiger partial charge < -0.3 is 9.80 Å². The van der Waals surface area contributed by atoms with Crippen LogP contribution in [0.5, 0.6) is 0 Å². The van der Waals surface area contributed by atoms with Crippen LogP contribution in [0.3, 0.4) is 0 Å². The van der Waals surface area contributed by atoms with Gasteiger partial charge >= 0.3 is 0 Å². The van der Waals surface area contributed by atoms with Gasteiger partial charge in [-0.2, -0.15) is 10.2 Å². The molecule has 0 amide bonds. The van der Waals surface area contributed by atoms with Crippen LogP contribution in [0.2, 0.25) is 5.02 Å². The number of fused-ring (bicyclic) bond motifs is 1. The van der Waals surface area contributed by atoms with Crippen molar-refractivity contribution in [2.75, 3.05) is 38.1 Å². The monoisotopic (exact) mass is 510 g/mol. The summed E-state index contributed by atoms with van der Waals surface area (Å²) >= 11 is 6.16. The van der Waals surface area contributed by atoms with E-state index in [2.05, 4.69) is 61.3 Å². The number of halogens is 2. The predicted molar refractivity (Wildman–Crippen MR) is 146 cm³/mol. The Hall–Kier alpha value is -3.94. The fraction of sp³-hybridized carbons (Fsp3) is 0.172. The summed E-state index contributed by atoms with van der Waals surface area (Å²) in [6, 6.07) is 20.6. The smallest absolute Gasteiger partial charge is 0.160 e. The molecule has 0 atom stereocenters. The first-order valence-electron chi connectivity index (χ1n) is 12.1. The van der Waals surface area contributed by atoms with E-state index in [1.165, 1.54) is 17.8 Å². The van der Waals surface area contributed by atoms with Gasteiger partial charge in [0.25, 0.3) is 0 Å². The summed E-state index contributed by atoms with van der Waals surface area (Å²) < 4.78 is 14.7. The van der Waals surface area contributed by atoms with Crippen LogP contribution < -0.4 is 4.90 Å². The Morgan fingerprint density at radius 1 is 0.838 bits per heavy atom. The number of pyridine rings is 2. The number of hydrogen-bond acceptors (Lipinski definition) is 6. The molecule has 0 radical (unpaired) electrons. The Bertz CT molecular complexity index is 1580. The third-order valence-electron chi connectivity index (χ3n) is 6.79. The quantitative estimate of drug-likeness (QED) is 0.297. The summed E-state index contributed by atoms with van der Waals surface area (Å²) in [5, 5.41) is 9.96. The predicted octanol–water partition coefficient (Wildman–Crippen LogP) is 5.97. The lowest BCUT2D eigenvalue weighted by Gasteiger charge is -2.34. The number of aromatic nitrogens is 4. The standard InChI is InChI=1S/C29H24ClFN6/c1-36-11-13-37(14-12-36)22-7-4-19(5-8-22)20-15-28(35-33-18-20)24-17-27(25-16-21(30)6-9-26(25)31)34-29-23(24)3-2-10-32-29/h2-10,15-18H,11-14H2,1H3. The van der Waals surface area contributed by atoms with Gasteiger partial charge in [-0.3, -0.25) is 0 Å². The van der Waals surface area contributed by atoms with E-state index in [0.29, 0.717) is 27.6 Å². The maximum absolute atomic E-state index is 14.7. The molecule has 0 unspecified atom stereocenters. The maximum atomic E-state index is 14.7. The molecule has 0 spiro atoms. The maximum Gasteiger partial charge on any atom is 0.160 e. The molecule has 6 nitrogen and oxygen atoms in total. The molecular formula is C29H24ClFN6. The van der Waals surface area contributed by atoms with E-state index in [0.717, 1.165) is 48.3 Å². The van der Waals surface area contributed by atoms with Crippen molar-refractivity contribution in [3.63, 3.8) is 0 Å². The van der Waals surface area contributed by atoms with E-state index < -0.39 is 5.82 Å². The van der Waals surface area contributed by atoms with E-state index in [1.54, 1.807) is 18.5 Å². The second-order valence-electron chi connectivity index (χ2n) is 9.22. The van der Waals surface area contributed by atoms with Crippen molar-refractivity contribution < 1.29 is 4.39 Å². The highest BCUT2D eigenvalue weighted by molar-refractivity contribution is 6.30. The summed E-state index contributed by atoms with van der Waals surface area (Å²) in [5.41, 5.74) is 5.89. The Balaban J connectivity index is 1.39. The van der Waals surface area contributed by atoms with Gasteiger partial charge in [-0.25, -0.2) is 14.4 Å². The molecule has 0 N–H and O–H groups in total. The van der Waals surface area contributed by atoms with Gasteiger partial charge in [-0.15, -0.1) is 0 Å². The lowest BCUT2D eigenvalue weighted by Crippen LogP contribution is -2.44. The summed E-state index contributed by atoms with van der Waals surface area (Å²) in [6.45, 7) is 4.18. The minimum atomic E-state index is -0.404. The minimum absolute atomic E-state index is 0.310. The first kappa shape index (κ1) is 23.5. The molecule has 0 bridgehead atoms. The van der Waals surface area contributed by atoms with E-state index in [9.17, 15) is 4.39 Å². The molecule has 1 aliphatic rings. The van der Waals surface area contributed by atoms with Gasteiger partial charge in [0.15, 0.2) is 5.65 Å². The molecular weight excluding hydrogens is 487 g/mol. The van der Waals surface area contributed by atoms with Crippen molar-refractivity contribution in [3.8, 4) is 33.6 Å². The third kappa shape index (κ3) is 4.75. The van der Waals surface area contributed by atoms with Crippen molar-refractivity contribution in [3.05, 3.63) is 90.0 Å². The number of anilines is 1. The molecule has 0 aliphatic carbocycles. The van der Waals surface area contributed by atoms with E-state index >= 15 is 0 Å². The first-order valence-corrected chi connectivity index (χ1v) is 12.5. The van der Waals surface area contributed by atoms with Crippen molar-refractivity contribution in [2.24, 2.45) is 0 Å². The Labute approximate surface area is 219 Å². The van der Waals surface area contributed by atoms with Crippen molar-refractivity contribution in [1.29, 1.82) is 0 Å². The molecule has 6 rings (SSSR count). The van der Waals surface area contributed by atoms with E-state index in [-0.39, 0.29) is 0 Å². The molecule has 3 aromatic heterocycles. The van der Waals surface area contributed by atoms with Gasteiger partial charge in [0.05, 0.1) is 17.6 Å². The first-order chi connectivity index (χ1) is 18.0. The highest BCUT2D eigenvalue weighted by Gasteiger charge is 2.16. The van der Waals surface area contributed by atoms with Crippen molar-refractivity contribution in [2.45, 2.75) is 0 Å². The molecule has 0 saturated carbocycles. The molecule has 37 heavy (non-hydrogen) atoms. The Kier molecular flexibility index (Phi) is 6.24. The summed E-state index contributed by atoms with van der Waals surface area (Å²) in [4.78, 5) is 13.8. The molecule has 184 valence electrons. The second-order valence-corrected chi connectivity index (χ2v) is 9.66. The normalized spacial score (nSPS) is 14.3. The lowest BCUT2D eigenvalue weighted by atomic mass is 10.0. The SMILES string of the molecule is CN1CCN(c2ccc(-c3cnnc(-c4cc(-c5cc(Cl)ccc5F)nc5ncccc45)c3)cc2)CC1. The average Bonchev–Trinajstić information content (AvgIpc) is 2.94. The number of benzene rings is 2. The summed E-state index contributed by atoms with van der Waals surface area (Å²) in [7, 11) is 2.16. The topological polar surface area (TPSA) is 58.0 Å². The van der Waals surface area contributed by atoms with Crippen LogP contribution in [-0.2, 0) is 0 Å². The Morgan fingerprint density at radius 3 is 2.46 bits per heavy atom. The molecule has 5 aromatic rings. The molecule has 1 aliphatic heterocycles. The van der Waals surface area contributed by atoms with Crippen LogP contribution in [0.15, 0.2) is 79.1 Å². The fourth-order valence-electron chi connectivity index (χ4n) is 4.69. The van der Waals surface area contributed by atoms with Gasteiger partial charge in [0.2, 0.25) is 0 Å². The molecule has 8 heteroatoms. The number of hydrogen-bond donors (Lipinski definition) is 0. The van der Waals surface area contributed by atoms with E-state index in [1.807, 2.05) is 24.3 Å². The minimum Gasteiger partial charge on any atom is -0.369 e. The highest BCUT2D eigenvalue weighted by Crippen LogP contribution is 2.34. The van der Waals surface area contributed by atoms with Crippen molar-refractivity contribution in [1.82, 2.24) is 25.1 Å². The van der Waals surface area contributed by atoms with Gasteiger partial charge in [0, 0.05) is 65.2 Å². The van der Waals surface area contributed by atoms with Crippen LogP contribution in [0, 0.1) is 5.82 Å². The third-order valence-corrected chi connectivity index (χ3v) is 7.02. The zero-order valence-corrected chi connectivity index (χ0v) is 21.0. The van der Waals surface area contributed by atoms with Crippen LogP contribution in [-0.4, -0.2) is 58.3 Å². The number of rotatable bonds is 4. The molecule has 1 saturated heterocycles. The molecule has 4 heterocycles. The molecule has 1 fully saturated rings. The summed E-state index contributed by atoms with van der Waals surface area (Å²) in [6.07, 6.45) is 3.43. The number of likely N-dealkylation sites (N-methyl/N-ethyl adjacent to an activating group) is 1. The Morgan fingerprint density at radius 2 is 1.65 bits per heavy atom. The van der Waals surface area contributed by atoms with Crippen molar-refractivity contribution >= 4 is 28.3 Å².